The van der Waals surface area contributed by atoms with Gasteiger partial charge in [0.15, 0.2) is 5.78 Å². The fraction of sp³-hybridized carbons (Fsp3) is 0.417. The van der Waals surface area contributed by atoms with E-state index in [-0.39, 0.29) is 11.7 Å². The maximum Gasteiger partial charge on any atom is 0.163 e. The van der Waals surface area contributed by atoms with Gasteiger partial charge in [0.2, 0.25) is 0 Å². The number of rotatable bonds is 5. The Labute approximate surface area is 84.9 Å². The van der Waals surface area contributed by atoms with Crippen molar-refractivity contribution in [2.24, 2.45) is 5.92 Å². The van der Waals surface area contributed by atoms with Gasteiger partial charge in [-0.25, -0.2) is 0 Å². The molecule has 0 fully saturated rings. The number of benzene rings is 1. The molecule has 1 aromatic rings. The lowest BCUT2D eigenvalue weighted by atomic mass is 10.0. The number of carbonyl (C=O) groups is 1. The van der Waals surface area contributed by atoms with Crippen LogP contribution in [0.1, 0.15) is 23.7 Å². The Balaban J connectivity index is 2.51. The molecular weight excluding hydrogens is 176 g/mol. The molecule has 0 saturated heterocycles. The van der Waals surface area contributed by atoms with Crippen LogP contribution in [0.15, 0.2) is 30.3 Å². The molecule has 0 N–H and O–H groups in total. The van der Waals surface area contributed by atoms with Crippen LogP contribution in [0.4, 0.5) is 0 Å². The predicted octanol–water partition coefficient (Wildman–Crippen LogP) is 2.54. The summed E-state index contributed by atoms with van der Waals surface area (Å²) in [5.74, 6) is 0.475. The summed E-state index contributed by atoms with van der Waals surface area (Å²) in [6, 6.07) is 9.38. The first-order valence-electron chi connectivity index (χ1n) is 4.81. The Morgan fingerprint density at radius 2 is 2.00 bits per heavy atom. The molecule has 0 radical (unpaired) electrons. The minimum atomic E-state index is 0.190. The molecule has 2 nitrogen and oxygen atoms in total. The third-order valence-corrected chi connectivity index (χ3v) is 2.08. The largest absolute Gasteiger partial charge is 0.384 e. The van der Waals surface area contributed by atoms with Gasteiger partial charge in [0, 0.05) is 25.7 Å². The molecule has 76 valence electrons. The number of hydrogen-bond donors (Lipinski definition) is 0. The molecule has 0 heterocycles. The first kappa shape index (κ1) is 10.9. The molecule has 0 spiro atoms. The van der Waals surface area contributed by atoms with E-state index in [9.17, 15) is 4.79 Å². The molecule has 1 aromatic carbocycles. The highest BCUT2D eigenvalue weighted by molar-refractivity contribution is 5.96. The number of carbonyl (C=O) groups excluding carboxylic acids is 1. The lowest BCUT2D eigenvalue weighted by molar-refractivity contribution is 0.0920. The molecular formula is C12H16O2. The van der Waals surface area contributed by atoms with Crippen molar-refractivity contribution in [3.8, 4) is 0 Å². The molecule has 14 heavy (non-hydrogen) atoms. The molecule has 0 amide bonds. The first-order chi connectivity index (χ1) is 6.74. The fourth-order valence-electron chi connectivity index (χ4n) is 1.40. The lowest BCUT2D eigenvalue weighted by Gasteiger charge is -2.08. The van der Waals surface area contributed by atoms with Gasteiger partial charge >= 0.3 is 0 Å². The van der Waals surface area contributed by atoms with E-state index in [2.05, 4.69) is 0 Å². The summed E-state index contributed by atoms with van der Waals surface area (Å²) in [4.78, 5) is 11.7. The Morgan fingerprint density at radius 3 is 2.57 bits per heavy atom. The van der Waals surface area contributed by atoms with Crippen LogP contribution >= 0.6 is 0 Å². The van der Waals surface area contributed by atoms with Crippen LogP contribution in [-0.4, -0.2) is 19.5 Å². The zero-order chi connectivity index (χ0) is 10.4. The van der Waals surface area contributed by atoms with Gasteiger partial charge in [0.1, 0.15) is 0 Å². The highest BCUT2D eigenvalue weighted by atomic mass is 16.5. The van der Waals surface area contributed by atoms with Crippen LogP contribution < -0.4 is 0 Å². The van der Waals surface area contributed by atoms with E-state index in [0.29, 0.717) is 13.0 Å². The molecule has 2 heteroatoms. The van der Waals surface area contributed by atoms with E-state index in [1.54, 1.807) is 7.11 Å². The number of ether oxygens (including phenoxy) is 1. The number of ketones is 1. The van der Waals surface area contributed by atoms with Crippen molar-refractivity contribution < 1.29 is 9.53 Å². The van der Waals surface area contributed by atoms with E-state index < -0.39 is 0 Å². The second-order valence-electron chi connectivity index (χ2n) is 3.55. The summed E-state index contributed by atoms with van der Waals surface area (Å²) in [6.45, 7) is 2.66. The number of hydrogen-bond acceptors (Lipinski definition) is 2. The van der Waals surface area contributed by atoms with Crippen LogP contribution in [0, 0.1) is 5.92 Å². The molecule has 0 saturated carbocycles. The van der Waals surface area contributed by atoms with Gasteiger partial charge in [-0.05, 0) is 5.92 Å². The minimum Gasteiger partial charge on any atom is -0.384 e. The van der Waals surface area contributed by atoms with Crippen LogP contribution in [0.2, 0.25) is 0 Å². The monoisotopic (exact) mass is 192 g/mol. The summed E-state index contributed by atoms with van der Waals surface area (Å²) < 4.78 is 4.99. The van der Waals surface area contributed by atoms with E-state index in [1.165, 1.54) is 0 Å². The standard InChI is InChI=1S/C12H16O2/c1-10(9-14-2)8-12(13)11-6-4-3-5-7-11/h3-7,10H,8-9H2,1-2H3. The first-order valence-corrected chi connectivity index (χ1v) is 4.81. The van der Waals surface area contributed by atoms with E-state index >= 15 is 0 Å². The zero-order valence-corrected chi connectivity index (χ0v) is 8.69. The molecule has 1 rings (SSSR count). The Hall–Kier alpha value is -1.15. The van der Waals surface area contributed by atoms with Crippen molar-refractivity contribution >= 4 is 5.78 Å². The van der Waals surface area contributed by atoms with Crippen molar-refractivity contribution in [1.29, 1.82) is 0 Å². The Morgan fingerprint density at radius 1 is 1.36 bits per heavy atom. The predicted molar refractivity (Wildman–Crippen MR) is 56.4 cm³/mol. The summed E-state index contributed by atoms with van der Waals surface area (Å²) in [6.07, 6.45) is 0.553. The number of Topliss-reactive ketones (excluding diaryl/α,β-unsaturated/α-hetero) is 1. The van der Waals surface area contributed by atoms with Gasteiger partial charge < -0.3 is 4.74 Å². The van der Waals surface area contributed by atoms with Gasteiger partial charge in [0.25, 0.3) is 0 Å². The van der Waals surface area contributed by atoms with Gasteiger partial charge in [-0.2, -0.15) is 0 Å². The normalized spacial score (nSPS) is 12.4. The second-order valence-corrected chi connectivity index (χ2v) is 3.55. The highest BCUT2D eigenvalue weighted by Gasteiger charge is 2.10. The molecule has 0 aliphatic carbocycles. The lowest BCUT2D eigenvalue weighted by Crippen LogP contribution is -2.10. The molecule has 1 atom stereocenters. The third kappa shape index (κ3) is 3.30. The maximum absolute atomic E-state index is 11.7. The molecule has 1 unspecified atom stereocenters. The summed E-state index contributed by atoms with van der Waals surface area (Å²) in [5.41, 5.74) is 0.787. The van der Waals surface area contributed by atoms with Gasteiger partial charge in [-0.15, -0.1) is 0 Å². The molecule has 0 aliphatic rings. The Bertz CT molecular complexity index is 280. The summed E-state index contributed by atoms with van der Waals surface area (Å²) in [7, 11) is 1.66. The van der Waals surface area contributed by atoms with Crippen molar-refractivity contribution in [3.63, 3.8) is 0 Å². The molecule has 0 aliphatic heterocycles. The van der Waals surface area contributed by atoms with Crippen LogP contribution in [0.25, 0.3) is 0 Å². The highest BCUT2D eigenvalue weighted by Crippen LogP contribution is 2.09. The van der Waals surface area contributed by atoms with Gasteiger partial charge in [-0.1, -0.05) is 37.3 Å². The minimum absolute atomic E-state index is 0.190. The van der Waals surface area contributed by atoms with Crippen molar-refractivity contribution in [3.05, 3.63) is 35.9 Å². The van der Waals surface area contributed by atoms with Crippen LogP contribution in [0.5, 0.6) is 0 Å². The van der Waals surface area contributed by atoms with E-state index in [1.807, 2.05) is 37.3 Å². The fourth-order valence-corrected chi connectivity index (χ4v) is 1.40. The Kier molecular flexibility index (Phi) is 4.33. The van der Waals surface area contributed by atoms with Crippen molar-refractivity contribution in [1.82, 2.24) is 0 Å². The number of methoxy groups -OCH3 is 1. The van der Waals surface area contributed by atoms with Gasteiger partial charge in [0.05, 0.1) is 0 Å². The smallest absolute Gasteiger partial charge is 0.163 e. The summed E-state index contributed by atoms with van der Waals surface area (Å²) in [5, 5.41) is 0. The van der Waals surface area contributed by atoms with Crippen molar-refractivity contribution in [2.45, 2.75) is 13.3 Å². The maximum atomic E-state index is 11.7. The zero-order valence-electron chi connectivity index (χ0n) is 8.69. The van der Waals surface area contributed by atoms with E-state index in [4.69, 9.17) is 4.74 Å². The SMILES string of the molecule is COCC(C)CC(=O)c1ccccc1. The second kappa shape index (κ2) is 5.55. The molecule has 0 bridgehead atoms. The van der Waals surface area contributed by atoms with E-state index in [0.717, 1.165) is 5.56 Å². The quantitative estimate of drug-likeness (QED) is 0.670. The topological polar surface area (TPSA) is 26.3 Å². The average Bonchev–Trinajstić information content (AvgIpc) is 2.19. The third-order valence-electron chi connectivity index (χ3n) is 2.08. The molecule has 0 aromatic heterocycles. The van der Waals surface area contributed by atoms with Crippen LogP contribution in [0.3, 0.4) is 0 Å². The van der Waals surface area contributed by atoms with Crippen molar-refractivity contribution in [2.75, 3.05) is 13.7 Å². The van der Waals surface area contributed by atoms with Crippen LogP contribution in [-0.2, 0) is 4.74 Å². The average molecular weight is 192 g/mol. The summed E-state index contributed by atoms with van der Waals surface area (Å²) >= 11 is 0. The van der Waals surface area contributed by atoms with Gasteiger partial charge in [-0.3, -0.25) is 4.79 Å².